The number of amides is 3. The van der Waals surface area contributed by atoms with Gasteiger partial charge in [-0.05, 0) is 19.1 Å². The highest BCUT2D eigenvalue weighted by Gasteiger charge is 2.24. The maximum Gasteiger partial charge on any atom is 0.316 e. The summed E-state index contributed by atoms with van der Waals surface area (Å²) in [5, 5.41) is 8.17. The molecule has 2 atom stereocenters. The molecule has 3 amide bonds. The fourth-order valence-electron chi connectivity index (χ4n) is 1.82. The normalized spacial score (nSPS) is 23.5. The summed E-state index contributed by atoms with van der Waals surface area (Å²) in [4.78, 5) is 23.1. The molecule has 1 aromatic rings. The molecule has 17 heavy (non-hydrogen) atoms. The summed E-state index contributed by atoms with van der Waals surface area (Å²) in [5.74, 6) is -0.176. The fraction of sp³-hybridized carbons (Fsp3) is 0.333. The molecule has 0 aromatic heterocycles. The first-order valence-corrected chi connectivity index (χ1v) is 5.58. The van der Waals surface area contributed by atoms with E-state index in [1.807, 2.05) is 13.0 Å². The third kappa shape index (κ3) is 2.96. The van der Waals surface area contributed by atoms with Crippen LogP contribution >= 0.6 is 0 Å². The quantitative estimate of drug-likeness (QED) is 0.708. The van der Waals surface area contributed by atoms with Crippen LogP contribution in [0.3, 0.4) is 0 Å². The van der Waals surface area contributed by atoms with Gasteiger partial charge in [0.15, 0.2) is 0 Å². The van der Waals surface area contributed by atoms with Crippen molar-refractivity contribution in [1.82, 2.24) is 16.0 Å². The van der Waals surface area contributed by atoms with E-state index in [1.165, 1.54) is 0 Å². The number of hydrogen-bond acceptors (Lipinski definition) is 2. The number of nitrogens with one attached hydrogen (secondary N) is 3. The van der Waals surface area contributed by atoms with Gasteiger partial charge < -0.3 is 16.0 Å². The third-order valence-electron chi connectivity index (χ3n) is 2.61. The Morgan fingerprint density at radius 2 is 2.00 bits per heavy atom. The molecule has 0 bridgehead atoms. The molecule has 2 rings (SSSR count). The van der Waals surface area contributed by atoms with Crippen molar-refractivity contribution in [2.75, 3.05) is 0 Å². The van der Waals surface area contributed by atoms with Gasteiger partial charge in [-0.1, -0.05) is 18.2 Å². The molecule has 3 N–H and O–H groups in total. The Bertz CT molecular complexity index is 419. The van der Waals surface area contributed by atoms with Crippen molar-refractivity contribution < 1.29 is 9.59 Å². The molecule has 0 spiro atoms. The Morgan fingerprint density at radius 1 is 1.29 bits per heavy atom. The second-order valence-electron chi connectivity index (χ2n) is 4.15. The van der Waals surface area contributed by atoms with Gasteiger partial charge in [0.1, 0.15) is 6.17 Å². The molecule has 5 heteroatoms. The van der Waals surface area contributed by atoms with E-state index in [4.69, 9.17) is 0 Å². The van der Waals surface area contributed by atoms with Crippen molar-refractivity contribution in [3.05, 3.63) is 35.9 Å². The van der Waals surface area contributed by atoms with Crippen LogP contribution < -0.4 is 16.0 Å². The van der Waals surface area contributed by atoms with Crippen LogP contribution in [0.5, 0.6) is 0 Å². The summed E-state index contributed by atoms with van der Waals surface area (Å²) in [7, 11) is 0. The summed E-state index contributed by atoms with van der Waals surface area (Å²) in [6.07, 6.45) is 0.357. The zero-order valence-electron chi connectivity index (χ0n) is 9.57. The van der Waals surface area contributed by atoms with Gasteiger partial charge in [0.2, 0.25) is 0 Å². The topological polar surface area (TPSA) is 70.2 Å². The average Bonchev–Trinajstić information content (AvgIpc) is 2.28. The molecule has 0 aliphatic carbocycles. The first kappa shape index (κ1) is 11.4. The Hall–Kier alpha value is -2.04. The van der Waals surface area contributed by atoms with E-state index >= 15 is 0 Å². The van der Waals surface area contributed by atoms with Gasteiger partial charge in [-0.2, -0.15) is 0 Å². The number of benzene rings is 1. The number of hydrogen-bond donors (Lipinski definition) is 3. The van der Waals surface area contributed by atoms with Crippen LogP contribution in [-0.4, -0.2) is 24.1 Å². The standard InChI is InChI=1S/C12H15N3O2/c1-8-7-10(15-12(17)13-8)14-11(16)9-5-3-2-4-6-9/h2-6,8,10H,7H2,1H3,(H,14,16)(H2,13,15,17). The molecule has 1 aliphatic heterocycles. The van der Waals surface area contributed by atoms with Gasteiger partial charge in [-0.25, -0.2) is 4.79 Å². The van der Waals surface area contributed by atoms with Crippen LogP contribution in [0, 0.1) is 0 Å². The molecule has 1 fully saturated rings. The largest absolute Gasteiger partial charge is 0.336 e. The number of urea groups is 1. The van der Waals surface area contributed by atoms with E-state index in [2.05, 4.69) is 16.0 Å². The molecule has 2 unspecified atom stereocenters. The number of carbonyl (C=O) groups is 2. The van der Waals surface area contributed by atoms with Gasteiger partial charge in [-0.15, -0.1) is 0 Å². The molecular formula is C12H15N3O2. The lowest BCUT2D eigenvalue weighted by atomic mass is 10.1. The first-order valence-electron chi connectivity index (χ1n) is 5.58. The Morgan fingerprint density at radius 3 is 2.65 bits per heavy atom. The first-order chi connectivity index (χ1) is 8.15. The highest BCUT2D eigenvalue weighted by atomic mass is 16.2. The molecule has 1 saturated heterocycles. The van der Waals surface area contributed by atoms with Crippen LogP contribution in [0.1, 0.15) is 23.7 Å². The predicted octanol–water partition coefficient (Wildman–Crippen LogP) is 0.834. The average molecular weight is 233 g/mol. The van der Waals surface area contributed by atoms with Crippen molar-refractivity contribution in [1.29, 1.82) is 0 Å². The fourth-order valence-corrected chi connectivity index (χ4v) is 1.82. The molecule has 0 saturated carbocycles. The zero-order valence-corrected chi connectivity index (χ0v) is 9.57. The molecule has 1 heterocycles. The number of rotatable bonds is 2. The van der Waals surface area contributed by atoms with Gasteiger partial charge in [0, 0.05) is 18.0 Å². The third-order valence-corrected chi connectivity index (χ3v) is 2.61. The minimum absolute atomic E-state index is 0.0600. The Labute approximate surface area is 99.6 Å². The maximum absolute atomic E-state index is 11.8. The van der Waals surface area contributed by atoms with E-state index in [0.29, 0.717) is 12.0 Å². The summed E-state index contributed by atoms with van der Waals surface area (Å²) in [6.45, 7) is 1.90. The van der Waals surface area contributed by atoms with Crippen molar-refractivity contribution in [2.45, 2.75) is 25.6 Å². The van der Waals surface area contributed by atoms with Gasteiger partial charge in [0.25, 0.3) is 5.91 Å². The smallest absolute Gasteiger partial charge is 0.316 e. The molecule has 90 valence electrons. The molecule has 0 radical (unpaired) electrons. The van der Waals surface area contributed by atoms with Crippen molar-refractivity contribution in [3.8, 4) is 0 Å². The summed E-state index contributed by atoms with van der Waals surface area (Å²) >= 11 is 0. The van der Waals surface area contributed by atoms with Crippen LogP contribution in [0.2, 0.25) is 0 Å². The van der Waals surface area contributed by atoms with Crippen LogP contribution in [0.4, 0.5) is 4.79 Å². The molecule has 1 aromatic carbocycles. The summed E-state index contributed by atoms with van der Waals surface area (Å²) in [6, 6.07) is 8.75. The van der Waals surface area contributed by atoms with Gasteiger partial charge in [-0.3, -0.25) is 4.79 Å². The second kappa shape index (κ2) is 4.86. The number of carbonyl (C=O) groups excluding carboxylic acids is 2. The van der Waals surface area contributed by atoms with E-state index in [9.17, 15) is 9.59 Å². The van der Waals surface area contributed by atoms with E-state index < -0.39 is 0 Å². The Kier molecular flexibility index (Phi) is 3.27. The van der Waals surface area contributed by atoms with Crippen LogP contribution in [0.25, 0.3) is 0 Å². The minimum atomic E-state index is -0.313. The van der Waals surface area contributed by atoms with Crippen LogP contribution in [-0.2, 0) is 0 Å². The van der Waals surface area contributed by atoms with E-state index in [-0.39, 0.29) is 24.1 Å². The molecule has 1 aliphatic rings. The lowest BCUT2D eigenvalue weighted by molar-refractivity contribution is 0.0923. The zero-order chi connectivity index (χ0) is 12.3. The van der Waals surface area contributed by atoms with Crippen molar-refractivity contribution in [2.24, 2.45) is 0 Å². The highest BCUT2D eigenvalue weighted by Crippen LogP contribution is 2.04. The lowest BCUT2D eigenvalue weighted by Gasteiger charge is -2.29. The molecular weight excluding hydrogens is 218 g/mol. The highest BCUT2D eigenvalue weighted by molar-refractivity contribution is 5.94. The summed E-state index contributed by atoms with van der Waals surface area (Å²) < 4.78 is 0. The van der Waals surface area contributed by atoms with Gasteiger partial charge >= 0.3 is 6.03 Å². The monoisotopic (exact) mass is 233 g/mol. The predicted molar refractivity (Wildman–Crippen MR) is 63.4 cm³/mol. The second-order valence-corrected chi connectivity index (χ2v) is 4.15. The van der Waals surface area contributed by atoms with Gasteiger partial charge in [0.05, 0.1) is 0 Å². The SMILES string of the molecule is CC1CC(NC(=O)c2ccccc2)NC(=O)N1. The summed E-state index contributed by atoms with van der Waals surface area (Å²) in [5.41, 5.74) is 0.591. The Balaban J connectivity index is 1.97. The van der Waals surface area contributed by atoms with Crippen molar-refractivity contribution in [3.63, 3.8) is 0 Å². The maximum atomic E-state index is 11.8. The molecule has 5 nitrogen and oxygen atoms in total. The lowest BCUT2D eigenvalue weighted by Crippen LogP contribution is -2.59. The van der Waals surface area contributed by atoms with Crippen LogP contribution in [0.15, 0.2) is 30.3 Å². The van der Waals surface area contributed by atoms with Crippen molar-refractivity contribution >= 4 is 11.9 Å². The van der Waals surface area contributed by atoms with E-state index in [1.54, 1.807) is 24.3 Å². The van der Waals surface area contributed by atoms with E-state index in [0.717, 1.165) is 0 Å². The minimum Gasteiger partial charge on any atom is -0.336 e.